The van der Waals surface area contributed by atoms with Crippen LogP contribution in [0.25, 0.3) is 0 Å². The Balaban J connectivity index is 2.04. The van der Waals surface area contributed by atoms with E-state index >= 15 is 0 Å². The Bertz CT molecular complexity index is 591. The number of carbonyl (C=O) groups is 1. The molecule has 0 bridgehead atoms. The Hall–Kier alpha value is -2.36. The first-order chi connectivity index (χ1) is 9.97. The van der Waals surface area contributed by atoms with Gasteiger partial charge in [-0.1, -0.05) is 12.1 Å². The molecule has 0 radical (unpaired) electrons. The number of ether oxygens (including phenoxy) is 1. The number of carboxylic acid groups (broad SMARTS) is 1. The Labute approximate surface area is 124 Å². The van der Waals surface area contributed by atoms with Crippen LogP contribution in [0.1, 0.15) is 31.4 Å². The Morgan fingerprint density at radius 2 is 1.76 bits per heavy atom. The molecule has 2 rings (SSSR count). The van der Waals surface area contributed by atoms with Gasteiger partial charge in [-0.15, -0.1) is 0 Å². The molecule has 1 N–H and O–H groups in total. The second-order valence-corrected chi connectivity index (χ2v) is 5.39. The molecule has 0 saturated heterocycles. The van der Waals surface area contributed by atoms with Gasteiger partial charge in [-0.05, 0) is 55.7 Å². The van der Waals surface area contributed by atoms with Crippen molar-refractivity contribution in [2.45, 2.75) is 32.3 Å². The molecule has 1 heterocycles. The van der Waals surface area contributed by atoms with Crippen molar-refractivity contribution in [2.75, 3.05) is 0 Å². The zero-order chi connectivity index (χ0) is 15.3. The Morgan fingerprint density at radius 3 is 2.33 bits per heavy atom. The summed E-state index contributed by atoms with van der Waals surface area (Å²) in [5.41, 5.74) is 1.59. The lowest BCUT2D eigenvalue weighted by Gasteiger charge is -2.27. The highest BCUT2D eigenvalue weighted by Gasteiger charge is 2.22. The second-order valence-electron chi connectivity index (χ2n) is 5.39. The molecular weight excluding hydrogens is 266 g/mol. The van der Waals surface area contributed by atoms with Crippen LogP contribution in [0.3, 0.4) is 0 Å². The van der Waals surface area contributed by atoms with Gasteiger partial charge in [-0.3, -0.25) is 9.78 Å². The molecule has 110 valence electrons. The minimum Gasteiger partial charge on any atom is -0.483 e. The summed E-state index contributed by atoms with van der Waals surface area (Å²) >= 11 is 0. The topological polar surface area (TPSA) is 59.4 Å². The highest BCUT2D eigenvalue weighted by atomic mass is 16.5. The van der Waals surface area contributed by atoms with Gasteiger partial charge in [0, 0.05) is 18.8 Å². The summed E-state index contributed by atoms with van der Waals surface area (Å²) in [7, 11) is 0. The van der Waals surface area contributed by atoms with Gasteiger partial charge in [0.15, 0.2) is 0 Å². The predicted octanol–water partition coefficient (Wildman–Crippen LogP) is 3.41. The van der Waals surface area contributed by atoms with Gasteiger partial charge in [0.25, 0.3) is 0 Å². The maximum atomic E-state index is 10.6. The zero-order valence-electron chi connectivity index (χ0n) is 12.2. The van der Waals surface area contributed by atoms with Crippen molar-refractivity contribution in [1.82, 2.24) is 4.98 Å². The van der Waals surface area contributed by atoms with Crippen LogP contribution < -0.4 is 4.74 Å². The van der Waals surface area contributed by atoms with Crippen molar-refractivity contribution in [3.63, 3.8) is 0 Å². The molecule has 0 amide bonds. The molecule has 4 nitrogen and oxygen atoms in total. The first kappa shape index (κ1) is 15.0. The van der Waals surface area contributed by atoms with Gasteiger partial charge < -0.3 is 9.84 Å². The molecule has 1 aromatic heterocycles. The molecular formula is C17H19NO3. The quantitative estimate of drug-likeness (QED) is 0.883. The number of carboxylic acids is 1. The number of pyridine rings is 1. The third-order valence-corrected chi connectivity index (χ3v) is 3.30. The number of aliphatic carboxylic acids is 1. The van der Waals surface area contributed by atoms with Crippen molar-refractivity contribution in [1.29, 1.82) is 0 Å². The van der Waals surface area contributed by atoms with Crippen LogP contribution in [-0.4, -0.2) is 16.1 Å². The minimum atomic E-state index is -0.783. The summed E-state index contributed by atoms with van der Waals surface area (Å²) in [6.45, 7) is 4.00. The summed E-state index contributed by atoms with van der Waals surface area (Å²) in [5, 5.41) is 8.68. The first-order valence-electron chi connectivity index (χ1n) is 6.87. The molecule has 0 aliphatic carbocycles. The van der Waals surface area contributed by atoms with Gasteiger partial charge in [-0.25, -0.2) is 0 Å². The summed E-state index contributed by atoms with van der Waals surface area (Å²) in [4.78, 5) is 14.6. The number of hydrogen-bond donors (Lipinski definition) is 1. The van der Waals surface area contributed by atoms with Crippen molar-refractivity contribution in [3.8, 4) is 5.75 Å². The summed E-state index contributed by atoms with van der Waals surface area (Å²) in [6, 6.07) is 11.4. The monoisotopic (exact) mass is 285 g/mol. The highest BCUT2D eigenvalue weighted by Crippen LogP contribution is 2.27. The van der Waals surface area contributed by atoms with Gasteiger partial charge in [0.2, 0.25) is 0 Å². The molecule has 0 fully saturated rings. The van der Waals surface area contributed by atoms with E-state index in [2.05, 4.69) is 4.98 Å². The molecule has 1 aromatic carbocycles. The highest BCUT2D eigenvalue weighted by molar-refractivity contribution is 5.67. The number of nitrogens with zero attached hydrogens (tertiary/aromatic N) is 1. The molecule has 0 aliphatic heterocycles. The lowest BCUT2D eigenvalue weighted by molar-refractivity contribution is -0.136. The van der Waals surface area contributed by atoms with Crippen molar-refractivity contribution in [3.05, 3.63) is 59.9 Å². The standard InChI is InChI=1S/C17H19NO3/c1-17(2,14-9-11-18-12-10-14)21-15-6-3-13(4-7-15)5-8-16(19)20/h3-4,6-7,9-12H,5,8H2,1-2H3,(H,19,20). The predicted molar refractivity (Wildman–Crippen MR) is 80.3 cm³/mol. The van der Waals surface area contributed by atoms with E-state index in [0.29, 0.717) is 6.42 Å². The van der Waals surface area contributed by atoms with Crippen LogP contribution in [0.5, 0.6) is 5.75 Å². The Kier molecular flexibility index (Phi) is 4.58. The average Bonchev–Trinajstić information content (AvgIpc) is 2.47. The summed E-state index contributed by atoms with van der Waals surface area (Å²) in [5.74, 6) is -0.0231. The fraction of sp³-hybridized carbons (Fsp3) is 0.294. The number of rotatable bonds is 6. The molecule has 0 spiro atoms. The molecule has 21 heavy (non-hydrogen) atoms. The average molecular weight is 285 g/mol. The fourth-order valence-corrected chi connectivity index (χ4v) is 2.08. The smallest absolute Gasteiger partial charge is 0.303 e. The van der Waals surface area contributed by atoms with E-state index < -0.39 is 11.6 Å². The van der Waals surface area contributed by atoms with E-state index in [1.807, 2.05) is 50.2 Å². The van der Waals surface area contributed by atoms with Crippen LogP contribution in [-0.2, 0) is 16.8 Å². The van der Waals surface area contributed by atoms with E-state index in [0.717, 1.165) is 16.9 Å². The van der Waals surface area contributed by atoms with E-state index in [-0.39, 0.29) is 6.42 Å². The minimum absolute atomic E-state index is 0.142. The fourth-order valence-electron chi connectivity index (χ4n) is 2.08. The van der Waals surface area contributed by atoms with Crippen LogP contribution in [0.15, 0.2) is 48.8 Å². The lowest BCUT2D eigenvalue weighted by Crippen LogP contribution is -2.25. The molecule has 4 heteroatoms. The van der Waals surface area contributed by atoms with Crippen LogP contribution in [0, 0.1) is 0 Å². The summed E-state index contributed by atoms with van der Waals surface area (Å²) < 4.78 is 6.02. The molecule has 2 aromatic rings. The van der Waals surface area contributed by atoms with Crippen LogP contribution in [0.2, 0.25) is 0 Å². The normalized spacial score (nSPS) is 11.1. The van der Waals surface area contributed by atoms with Crippen molar-refractivity contribution >= 4 is 5.97 Å². The van der Waals surface area contributed by atoms with Crippen LogP contribution >= 0.6 is 0 Å². The number of hydrogen-bond acceptors (Lipinski definition) is 3. The molecule has 0 atom stereocenters. The first-order valence-corrected chi connectivity index (χ1v) is 6.87. The van der Waals surface area contributed by atoms with Crippen LogP contribution in [0.4, 0.5) is 0 Å². The lowest BCUT2D eigenvalue weighted by atomic mass is 9.99. The maximum absolute atomic E-state index is 10.6. The third-order valence-electron chi connectivity index (χ3n) is 3.30. The Morgan fingerprint density at radius 1 is 1.14 bits per heavy atom. The third kappa shape index (κ3) is 4.31. The SMILES string of the molecule is CC(C)(Oc1ccc(CCC(=O)O)cc1)c1ccncc1. The molecule has 0 unspecified atom stereocenters. The van der Waals surface area contributed by atoms with E-state index in [9.17, 15) is 4.79 Å². The number of benzene rings is 1. The van der Waals surface area contributed by atoms with Crippen molar-refractivity contribution < 1.29 is 14.6 Å². The van der Waals surface area contributed by atoms with Gasteiger partial charge in [-0.2, -0.15) is 0 Å². The second kappa shape index (κ2) is 6.39. The molecule has 0 aliphatic rings. The van der Waals surface area contributed by atoms with E-state index in [1.165, 1.54) is 0 Å². The number of aromatic nitrogens is 1. The van der Waals surface area contributed by atoms with Gasteiger partial charge in [0.1, 0.15) is 11.4 Å². The number of aryl methyl sites for hydroxylation is 1. The van der Waals surface area contributed by atoms with E-state index in [1.54, 1.807) is 12.4 Å². The van der Waals surface area contributed by atoms with Gasteiger partial charge >= 0.3 is 5.97 Å². The zero-order valence-corrected chi connectivity index (χ0v) is 12.2. The van der Waals surface area contributed by atoms with E-state index in [4.69, 9.17) is 9.84 Å². The van der Waals surface area contributed by atoms with Crippen molar-refractivity contribution in [2.24, 2.45) is 0 Å². The summed E-state index contributed by atoms with van der Waals surface area (Å²) in [6.07, 6.45) is 4.16. The maximum Gasteiger partial charge on any atom is 0.303 e. The molecule has 0 saturated carbocycles. The van der Waals surface area contributed by atoms with Gasteiger partial charge in [0.05, 0.1) is 0 Å². The largest absolute Gasteiger partial charge is 0.483 e.